The lowest BCUT2D eigenvalue weighted by Crippen LogP contribution is -2.37. The van der Waals surface area contributed by atoms with Gasteiger partial charge in [-0.15, -0.1) is 0 Å². The topological polar surface area (TPSA) is 33.0 Å². The van der Waals surface area contributed by atoms with Crippen LogP contribution < -0.4 is 4.90 Å². The summed E-state index contributed by atoms with van der Waals surface area (Å²) in [5, 5.41) is 0. The smallest absolute Gasteiger partial charge is 0.152 e. The van der Waals surface area contributed by atoms with Crippen molar-refractivity contribution in [3.63, 3.8) is 0 Å². The lowest BCUT2D eigenvalue weighted by Gasteiger charge is -2.32. The Labute approximate surface area is 132 Å². The van der Waals surface area contributed by atoms with Crippen LogP contribution in [0.25, 0.3) is 5.52 Å². The first-order valence-corrected chi connectivity index (χ1v) is 8.05. The van der Waals surface area contributed by atoms with Gasteiger partial charge in [-0.3, -0.25) is 0 Å². The molecule has 0 aromatic carbocycles. The van der Waals surface area contributed by atoms with Crippen LogP contribution in [-0.4, -0.2) is 61.7 Å². The summed E-state index contributed by atoms with van der Waals surface area (Å²) >= 11 is 0. The lowest BCUT2D eigenvalue weighted by molar-refractivity contribution is 0.127. The number of hydrogen-bond acceptors (Lipinski definition) is 4. The fourth-order valence-corrected chi connectivity index (χ4v) is 3.29. The highest BCUT2D eigenvalue weighted by Gasteiger charge is 2.23. The zero-order valence-electron chi connectivity index (χ0n) is 13.8. The summed E-state index contributed by atoms with van der Waals surface area (Å²) in [6.45, 7) is 4.07. The number of rotatable bonds is 5. The van der Waals surface area contributed by atoms with E-state index in [-0.39, 0.29) is 0 Å². The Bertz CT molecular complexity index is 622. The molecule has 0 N–H and O–H groups in total. The second kappa shape index (κ2) is 6.67. The predicted molar refractivity (Wildman–Crippen MR) is 89.8 cm³/mol. The van der Waals surface area contributed by atoms with Crippen LogP contribution in [0.3, 0.4) is 0 Å². The Morgan fingerprint density at radius 1 is 1.41 bits per heavy atom. The maximum Gasteiger partial charge on any atom is 0.152 e. The van der Waals surface area contributed by atoms with Crippen LogP contribution in [0.15, 0.2) is 24.5 Å². The largest absolute Gasteiger partial charge is 0.383 e. The molecule has 1 atom stereocenters. The average Bonchev–Trinajstić information content (AvgIpc) is 3.00. The molecule has 0 aliphatic carbocycles. The van der Waals surface area contributed by atoms with E-state index in [0.717, 1.165) is 25.5 Å². The van der Waals surface area contributed by atoms with Gasteiger partial charge in [-0.25, -0.2) is 4.98 Å². The molecule has 0 radical (unpaired) electrons. The molecule has 1 fully saturated rings. The molecule has 0 saturated carbocycles. The first kappa shape index (κ1) is 15.3. The molecule has 3 rings (SSSR count). The molecule has 1 saturated heterocycles. The summed E-state index contributed by atoms with van der Waals surface area (Å²) in [7, 11) is 5.89. The number of anilines is 1. The van der Waals surface area contributed by atoms with Gasteiger partial charge >= 0.3 is 0 Å². The zero-order chi connectivity index (χ0) is 15.5. The monoisotopic (exact) mass is 302 g/mol. The first-order chi connectivity index (χ1) is 10.7. The maximum absolute atomic E-state index is 5.22. The van der Waals surface area contributed by atoms with Crippen LogP contribution in [-0.2, 0) is 4.74 Å². The van der Waals surface area contributed by atoms with E-state index >= 15 is 0 Å². The van der Waals surface area contributed by atoms with E-state index in [1.807, 2.05) is 0 Å². The molecule has 0 bridgehead atoms. The number of aromatic nitrogens is 2. The van der Waals surface area contributed by atoms with Crippen LogP contribution in [0, 0.1) is 0 Å². The molecule has 22 heavy (non-hydrogen) atoms. The van der Waals surface area contributed by atoms with Crippen molar-refractivity contribution in [3.8, 4) is 0 Å². The second-order valence-electron chi connectivity index (χ2n) is 6.32. The van der Waals surface area contributed by atoms with Crippen molar-refractivity contribution >= 4 is 11.3 Å². The van der Waals surface area contributed by atoms with Crippen molar-refractivity contribution < 1.29 is 4.74 Å². The molecule has 2 aromatic heterocycles. The van der Waals surface area contributed by atoms with Gasteiger partial charge < -0.3 is 18.9 Å². The third-order valence-corrected chi connectivity index (χ3v) is 4.47. The SMILES string of the molecule is COCCN1CCC[C@H](c2cn3cccc3c(N(C)C)n2)C1. The fourth-order valence-electron chi connectivity index (χ4n) is 3.29. The van der Waals surface area contributed by atoms with Crippen LogP contribution in [0.5, 0.6) is 0 Å². The van der Waals surface area contributed by atoms with Gasteiger partial charge in [0.25, 0.3) is 0 Å². The molecular formula is C17H26N4O. The summed E-state index contributed by atoms with van der Waals surface area (Å²) in [5.41, 5.74) is 2.37. The van der Waals surface area contributed by atoms with Gasteiger partial charge in [0.05, 0.1) is 17.8 Å². The van der Waals surface area contributed by atoms with Crippen LogP contribution in [0.1, 0.15) is 24.5 Å². The van der Waals surface area contributed by atoms with Gasteiger partial charge in [-0.05, 0) is 31.5 Å². The molecule has 120 valence electrons. The normalized spacial score (nSPS) is 19.7. The number of likely N-dealkylation sites (tertiary alicyclic amines) is 1. The molecule has 5 heteroatoms. The van der Waals surface area contributed by atoms with Gasteiger partial charge in [0.1, 0.15) is 0 Å². The van der Waals surface area contributed by atoms with Gasteiger partial charge in [0, 0.05) is 52.6 Å². The highest BCUT2D eigenvalue weighted by Crippen LogP contribution is 2.28. The van der Waals surface area contributed by atoms with Crippen LogP contribution >= 0.6 is 0 Å². The Hall–Kier alpha value is -1.59. The van der Waals surface area contributed by atoms with Crippen molar-refractivity contribution in [2.75, 3.05) is 52.3 Å². The van der Waals surface area contributed by atoms with Gasteiger partial charge in [0.15, 0.2) is 5.82 Å². The van der Waals surface area contributed by atoms with Crippen molar-refractivity contribution in [2.24, 2.45) is 0 Å². The highest BCUT2D eigenvalue weighted by atomic mass is 16.5. The maximum atomic E-state index is 5.22. The molecule has 0 amide bonds. The van der Waals surface area contributed by atoms with E-state index in [0.29, 0.717) is 5.92 Å². The fraction of sp³-hybridized carbons (Fsp3) is 0.588. The lowest BCUT2D eigenvalue weighted by atomic mass is 9.95. The third kappa shape index (κ3) is 3.10. The van der Waals surface area contributed by atoms with Crippen LogP contribution in [0.2, 0.25) is 0 Å². The second-order valence-corrected chi connectivity index (χ2v) is 6.32. The molecule has 1 aliphatic heterocycles. The molecule has 5 nitrogen and oxygen atoms in total. The Kier molecular flexibility index (Phi) is 4.64. The molecule has 1 aliphatic rings. The summed E-state index contributed by atoms with van der Waals surface area (Å²) in [6.07, 6.45) is 6.76. The summed E-state index contributed by atoms with van der Waals surface area (Å²) < 4.78 is 7.42. The van der Waals surface area contributed by atoms with Gasteiger partial charge in [0.2, 0.25) is 0 Å². The van der Waals surface area contributed by atoms with E-state index in [1.165, 1.54) is 30.6 Å². The first-order valence-electron chi connectivity index (χ1n) is 8.05. The standard InChI is InChI=1S/C17H26N4O/c1-19(2)17-16-7-5-9-21(16)13-15(18-17)14-6-4-8-20(12-14)10-11-22-3/h5,7,9,13-14H,4,6,8,10-12H2,1-3H3/t14-/m0/s1. The Morgan fingerprint density at radius 3 is 3.05 bits per heavy atom. The molecule has 0 unspecified atom stereocenters. The number of hydrogen-bond donors (Lipinski definition) is 0. The highest BCUT2D eigenvalue weighted by molar-refractivity contribution is 5.69. The Balaban J connectivity index is 1.85. The van der Waals surface area contributed by atoms with Crippen molar-refractivity contribution in [1.82, 2.24) is 14.3 Å². The van der Waals surface area contributed by atoms with Crippen molar-refractivity contribution in [3.05, 3.63) is 30.2 Å². The van der Waals surface area contributed by atoms with E-state index in [4.69, 9.17) is 9.72 Å². The predicted octanol–water partition coefficient (Wildman–Crippen LogP) is 2.23. The quantitative estimate of drug-likeness (QED) is 0.848. The summed E-state index contributed by atoms with van der Waals surface area (Å²) in [4.78, 5) is 9.55. The zero-order valence-corrected chi connectivity index (χ0v) is 13.8. The van der Waals surface area contributed by atoms with E-state index in [2.05, 4.69) is 52.8 Å². The van der Waals surface area contributed by atoms with E-state index in [1.54, 1.807) is 7.11 Å². The minimum Gasteiger partial charge on any atom is -0.383 e. The van der Waals surface area contributed by atoms with Crippen molar-refractivity contribution in [2.45, 2.75) is 18.8 Å². The summed E-state index contributed by atoms with van der Waals surface area (Å²) in [5.74, 6) is 1.56. The summed E-state index contributed by atoms with van der Waals surface area (Å²) in [6, 6.07) is 4.21. The molecule has 3 heterocycles. The molecule has 2 aromatic rings. The third-order valence-electron chi connectivity index (χ3n) is 4.47. The number of ether oxygens (including phenoxy) is 1. The number of nitrogens with zero attached hydrogens (tertiary/aromatic N) is 4. The van der Waals surface area contributed by atoms with Gasteiger partial charge in [-0.1, -0.05) is 0 Å². The minimum atomic E-state index is 0.510. The molecular weight excluding hydrogens is 276 g/mol. The number of methoxy groups -OCH3 is 1. The van der Waals surface area contributed by atoms with E-state index < -0.39 is 0 Å². The number of fused-ring (bicyclic) bond motifs is 1. The van der Waals surface area contributed by atoms with Crippen LogP contribution in [0.4, 0.5) is 5.82 Å². The average molecular weight is 302 g/mol. The molecule has 0 spiro atoms. The number of piperidine rings is 1. The van der Waals surface area contributed by atoms with E-state index in [9.17, 15) is 0 Å². The van der Waals surface area contributed by atoms with Gasteiger partial charge in [-0.2, -0.15) is 0 Å². The van der Waals surface area contributed by atoms with Crippen molar-refractivity contribution in [1.29, 1.82) is 0 Å². The Morgan fingerprint density at radius 2 is 2.27 bits per heavy atom. The minimum absolute atomic E-state index is 0.510.